The second kappa shape index (κ2) is 14.0. The summed E-state index contributed by atoms with van der Waals surface area (Å²) in [5.74, 6) is -1.31. The zero-order valence-corrected chi connectivity index (χ0v) is 20.3. The van der Waals surface area contributed by atoms with Crippen molar-refractivity contribution >= 4 is 28.5 Å². The Morgan fingerprint density at radius 2 is 1.56 bits per heavy atom. The minimum atomic E-state index is -1.31. The van der Waals surface area contributed by atoms with Gasteiger partial charge in [-0.2, -0.15) is 0 Å². The molecule has 0 aliphatic heterocycles. The average molecular weight is 484 g/mol. The monoisotopic (exact) mass is 483 g/mol. The van der Waals surface area contributed by atoms with Gasteiger partial charge >= 0.3 is 0 Å². The van der Waals surface area contributed by atoms with Crippen molar-refractivity contribution in [2.45, 2.75) is 38.1 Å². The number of nitrogens with one attached hydrogen (secondary N) is 3. The van der Waals surface area contributed by atoms with Crippen LogP contribution < -0.4 is 15.4 Å². The number of aryl methyl sites for hydroxylation is 1. The van der Waals surface area contributed by atoms with E-state index in [0.717, 1.165) is 6.42 Å². The van der Waals surface area contributed by atoms with E-state index in [0.29, 0.717) is 10.6 Å². The number of benzene rings is 3. The van der Waals surface area contributed by atoms with Gasteiger partial charge in [-0.25, -0.2) is 13.3 Å². The standard InChI is InChI=1S/C19H22FN3O3S.C7H8/c1-3-13(2)23-27(26)17-10-8-16(9-11-17)22-18(24)12-21-19(25)14-4-6-15(20)7-5-14;1-7-5-3-2-4-6-7/h4-11,13,23H,3,12H2,1-2H3,(H,21,25)(H,22,24);2-6H,1H3. The predicted molar refractivity (Wildman–Crippen MR) is 134 cm³/mol. The lowest BCUT2D eigenvalue weighted by molar-refractivity contribution is -0.115. The molecule has 6 nitrogen and oxygen atoms in total. The Balaban J connectivity index is 0.000000497. The van der Waals surface area contributed by atoms with Crippen molar-refractivity contribution in [3.05, 3.63) is 95.8 Å². The summed E-state index contributed by atoms with van der Waals surface area (Å²) in [4.78, 5) is 24.4. The van der Waals surface area contributed by atoms with Crippen molar-refractivity contribution in [1.82, 2.24) is 10.0 Å². The first kappa shape index (κ1) is 26.9. The summed E-state index contributed by atoms with van der Waals surface area (Å²) in [6.45, 7) is 5.81. The Labute approximate surface area is 202 Å². The van der Waals surface area contributed by atoms with Gasteiger partial charge in [-0.1, -0.05) is 42.8 Å². The van der Waals surface area contributed by atoms with Crippen LogP contribution in [0.3, 0.4) is 0 Å². The van der Waals surface area contributed by atoms with Gasteiger partial charge in [0.2, 0.25) is 5.91 Å². The van der Waals surface area contributed by atoms with E-state index in [1.165, 1.54) is 29.8 Å². The smallest absolute Gasteiger partial charge is 0.251 e. The van der Waals surface area contributed by atoms with Crippen molar-refractivity contribution in [3.8, 4) is 0 Å². The molecule has 0 bridgehead atoms. The van der Waals surface area contributed by atoms with Crippen LogP contribution in [0.25, 0.3) is 0 Å². The minimum Gasteiger partial charge on any atom is -0.343 e. The zero-order chi connectivity index (χ0) is 24.9. The van der Waals surface area contributed by atoms with Gasteiger partial charge < -0.3 is 10.6 Å². The van der Waals surface area contributed by atoms with Gasteiger partial charge in [0, 0.05) is 17.3 Å². The topological polar surface area (TPSA) is 87.3 Å². The first-order valence-corrected chi connectivity index (χ1v) is 12.1. The van der Waals surface area contributed by atoms with Crippen LogP contribution in [0.15, 0.2) is 83.8 Å². The molecule has 2 amide bonds. The molecule has 0 radical (unpaired) electrons. The van der Waals surface area contributed by atoms with Crippen LogP contribution >= 0.6 is 0 Å². The lowest BCUT2D eigenvalue weighted by Gasteiger charge is -2.11. The first-order valence-electron chi connectivity index (χ1n) is 10.9. The van der Waals surface area contributed by atoms with Crippen molar-refractivity contribution in [2.75, 3.05) is 11.9 Å². The third-order valence-corrected chi connectivity index (χ3v) is 6.05. The van der Waals surface area contributed by atoms with E-state index in [4.69, 9.17) is 0 Å². The summed E-state index contributed by atoms with van der Waals surface area (Å²) < 4.78 is 27.9. The zero-order valence-electron chi connectivity index (χ0n) is 19.5. The number of amides is 2. The highest BCUT2D eigenvalue weighted by atomic mass is 32.2. The second-order valence-electron chi connectivity index (χ2n) is 7.61. The lowest BCUT2D eigenvalue weighted by atomic mass is 10.2. The highest BCUT2D eigenvalue weighted by molar-refractivity contribution is 7.83. The largest absolute Gasteiger partial charge is 0.343 e. The van der Waals surface area contributed by atoms with Gasteiger partial charge in [-0.05, 0) is 68.8 Å². The van der Waals surface area contributed by atoms with Gasteiger partial charge in [0.05, 0.1) is 11.4 Å². The third kappa shape index (κ3) is 9.64. The van der Waals surface area contributed by atoms with E-state index in [1.807, 2.05) is 32.0 Å². The Kier molecular flexibility index (Phi) is 11.1. The van der Waals surface area contributed by atoms with Crippen LogP contribution in [-0.2, 0) is 15.8 Å². The van der Waals surface area contributed by atoms with Crippen LogP contribution in [-0.4, -0.2) is 28.6 Å². The van der Waals surface area contributed by atoms with E-state index >= 15 is 0 Å². The summed E-state index contributed by atoms with van der Waals surface area (Å²) in [5, 5.41) is 5.11. The van der Waals surface area contributed by atoms with Crippen molar-refractivity contribution < 1.29 is 18.2 Å². The van der Waals surface area contributed by atoms with Crippen molar-refractivity contribution in [3.63, 3.8) is 0 Å². The third-order valence-electron chi connectivity index (χ3n) is 4.73. The highest BCUT2D eigenvalue weighted by Gasteiger charge is 2.10. The molecule has 0 aromatic heterocycles. The molecule has 2 unspecified atom stereocenters. The summed E-state index contributed by atoms with van der Waals surface area (Å²) in [6, 6.07) is 22.1. The van der Waals surface area contributed by atoms with E-state index in [-0.39, 0.29) is 18.2 Å². The molecule has 3 rings (SSSR count). The van der Waals surface area contributed by atoms with E-state index in [1.54, 1.807) is 24.3 Å². The molecule has 0 aliphatic rings. The summed E-state index contributed by atoms with van der Waals surface area (Å²) >= 11 is 0. The van der Waals surface area contributed by atoms with Gasteiger partial charge in [0.25, 0.3) is 5.91 Å². The first-order chi connectivity index (χ1) is 16.3. The second-order valence-corrected chi connectivity index (χ2v) is 8.86. The lowest BCUT2D eigenvalue weighted by Crippen LogP contribution is -2.32. The molecule has 0 aliphatic carbocycles. The maximum absolute atomic E-state index is 12.8. The number of anilines is 1. The molecule has 3 N–H and O–H groups in total. The maximum atomic E-state index is 12.8. The quantitative estimate of drug-likeness (QED) is 0.438. The summed E-state index contributed by atoms with van der Waals surface area (Å²) in [7, 11) is -1.31. The Bertz CT molecular complexity index is 1070. The molecular weight excluding hydrogens is 453 g/mol. The molecule has 180 valence electrons. The molecular formula is C26H30FN3O3S. The van der Waals surface area contributed by atoms with Crippen molar-refractivity contribution in [2.24, 2.45) is 0 Å². The number of carbonyl (C=O) groups is 2. The molecule has 0 fully saturated rings. The van der Waals surface area contributed by atoms with Crippen LogP contribution in [0.1, 0.15) is 36.2 Å². The Morgan fingerprint density at radius 3 is 2.09 bits per heavy atom. The number of hydrogen-bond acceptors (Lipinski definition) is 3. The van der Waals surface area contributed by atoms with E-state index in [9.17, 15) is 18.2 Å². The average Bonchev–Trinajstić information content (AvgIpc) is 2.84. The molecule has 8 heteroatoms. The molecule has 0 saturated carbocycles. The van der Waals surface area contributed by atoms with Gasteiger partial charge in [-0.15, -0.1) is 0 Å². The highest BCUT2D eigenvalue weighted by Crippen LogP contribution is 2.12. The van der Waals surface area contributed by atoms with Crippen LogP contribution in [0.5, 0.6) is 0 Å². The molecule has 0 saturated heterocycles. The molecule has 3 aromatic carbocycles. The fourth-order valence-corrected chi connectivity index (χ4v) is 3.65. The number of halogens is 1. The fraction of sp³-hybridized carbons (Fsp3) is 0.231. The minimum absolute atomic E-state index is 0.134. The fourth-order valence-electron chi connectivity index (χ4n) is 2.60. The molecule has 0 heterocycles. The maximum Gasteiger partial charge on any atom is 0.251 e. The van der Waals surface area contributed by atoms with Gasteiger partial charge in [-0.3, -0.25) is 9.59 Å². The number of hydrogen-bond donors (Lipinski definition) is 3. The Hall–Kier alpha value is -3.36. The van der Waals surface area contributed by atoms with E-state index in [2.05, 4.69) is 34.4 Å². The normalized spacial score (nSPS) is 12.0. The molecule has 0 spiro atoms. The molecule has 2 atom stereocenters. The van der Waals surface area contributed by atoms with Crippen LogP contribution in [0.4, 0.5) is 10.1 Å². The van der Waals surface area contributed by atoms with Gasteiger partial charge in [0.1, 0.15) is 16.8 Å². The Morgan fingerprint density at radius 1 is 0.941 bits per heavy atom. The summed E-state index contributed by atoms with van der Waals surface area (Å²) in [5.41, 5.74) is 2.12. The predicted octanol–water partition coefficient (Wildman–Crippen LogP) is 4.60. The van der Waals surface area contributed by atoms with E-state index < -0.39 is 28.6 Å². The summed E-state index contributed by atoms with van der Waals surface area (Å²) in [6.07, 6.45) is 0.865. The van der Waals surface area contributed by atoms with Crippen molar-refractivity contribution in [1.29, 1.82) is 0 Å². The SMILES string of the molecule is CCC(C)NS(=O)c1ccc(NC(=O)CNC(=O)c2ccc(F)cc2)cc1.Cc1ccccc1. The van der Waals surface area contributed by atoms with Crippen LogP contribution in [0, 0.1) is 12.7 Å². The number of rotatable bonds is 8. The molecule has 3 aromatic rings. The number of carbonyl (C=O) groups excluding carboxylic acids is 2. The van der Waals surface area contributed by atoms with Gasteiger partial charge in [0.15, 0.2) is 0 Å². The molecule has 34 heavy (non-hydrogen) atoms. The van der Waals surface area contributed by atoms with Crippen LogP contribution in [0.2, 0.25) is 0 Å².